The average molecular weight is 420 g/mol. The summed E-state index contributed by atoms with van der Waals surface area (Å²) in [6, 6.07) is 1.85. The van der Waals surface area contributed by atoms with Gasteiger partial charge in [0.1, 0.15) is 16.3 Å². The van der Waals surface area contributed by atoms with E-state index in [1.165, 1.54) is 34.6 Å². The first-order valence-corrected chi connectivity index (χ1v) is 10.7. The fourth-order valence-corrected chi connectivity index (χ4v) is 4.67. The molecule has 1 aliphatic rings. The molecular formula is C20H25N3O5S. The number of hydrogen-bond acceptors (Lipinski definition) is 7. The lowest BCUT2D eigenvalue weighted by Crippen LogP contribution is -2.37. The number of rotatable bonds is 6. The number of H-pyrrole nitrogens is 1. The fourth-order valence-electron chi connectivity index (χ4n) is 3.52. The minimum absolute atomic E-state index is 0.208. The SMILES string of the molecule is CCCn1c(N)c(C(=O)COC(=O)c2cc3c(s2)CCCCCC3)c(=O)[nH]c1=O. The highest BCUT2D eigenvalue weighted by atomic mass is 32.1. The van der Waals surface area contributed by atoms with E-state index in [4.69, 9.17) is 10.5 Å². The smallest absolute Gasteiger partial charge is 0.348 e. The third-order valence-corrected chi connectivity index (χ3v) is 6.21. The van der Waals surface area contributed by atoms with E-state index < -0.39 is 29.6 Å². The average Bonchev–Trinajstić information content (AvgIpc) is 3.05. The minimum atomic E-state index is -0.875. The van der Waals surface area contributed by atoms with Crippen LogP contribution in [0.2, 0.25) is 0 Å². The monoisotopic (exact) mass is 419 g/mol. The maximum atomic E-state index is 12.5. The molecule has 0 fully saturated rings. The van der Waals surface area contributed by atoms with E-state index in [-0.39, 0.29) is 17.9 Å². The maximum absolute atomic E-state index is 12.5. The van der Waals surface area contributed by atoms with Crippen molar-refractivity contribution in [3.63, 3.8) is 0 Å². The molecular weight excluding hydrogens is 394 g/mol. The maximum Gasteiger partial charge on any atom is 0.348 e. The normalized spacial score (nSPS) is 14.0. The van der Waals surface area contributed by atoms with Crippen LogP contribution in [0.1, 0.15) is 69.5 Å². The zero-order valence-electron chi connectivity index (χ0n) is 16.4. The predicted octanol–water partition coefficient (Wildman–Crippen LogP) is 2.29. The summed E-state index contributed by atoms with van der Waals surface area (Å²) in [7, 11) is 0. The molecule has 29 heavy (non-hydrogen) atoms. The molecule has 0 aliphatic heterocycles. The summed E-state index contributed by atoms with van der Waals surface area (Å²) < 4.78 is 6.29. The van der Waals surface area contributed by atoms with Crippen molar-refractivity contribution in [2.45, 2.75) is 58.4 Å². The van der Waals surface area contributed by atoms with Gasteiger partial charge in [0.2, 0.25) is 5.78 Å². The van der Waals surface area contributed by atoms with Crippen LogP contribution in [0.3, 0.4) is 0 Å². The highest BCUT2D eigenvalue weighted by Crippen LogP contribution is 2.29. The molecule has 8 nitrogen and oxygen atoms in total. The topological polar surface area (TPSA) is 124 Å². The molecule has 0 saturated heterocycles. The number of ketones is 1. The van der Waals surface area contributed by atoms with Gasteiger partial charge in [0.15, 0.2) is 6.61 Å². The number of ether oxygens (including phenoxy) is 1. The van der Waals surface area contributed by atoms with Crippen molar-refractivity contribution in [3.05, 3.63) is 47.8 Å². The highest BCUT2D eigenvalue weighted by Gasteiger charge is 2.22. The van der Waals surface area contributed by atoms with Gasteiger partial charge in [-0.15, -0.1) is 11.3 Å². The van der Waals surface area contributed by atoms with Crippen LogP contribution in [0.5, 0.6) is 0 Å². The molecule has 0 radical (unpaired) electrons. The van der Waals surface area contributed by atoms with Gasteiger partial charge in [-0.1, -0.05) is 19.8 Å². The zero-order valence-corrected chi connectivity index (χ0v) is 17.2. The van der Waals surface area contributed by atoms with Crippen LogP contribution in [0, 0.1) is 0 Å². The molecule has 0 atom stereocenters. The standard InChI is InChI=1S/C20H25N3O5S/c1-2-9-23-17(21)16(18(25)22-20(23)27)13(24)11-28-19(26)15-10-12-7-5-3-4-6-8-14(12)29-15/h10H,2-9,11,21H2,1H3,(H,22,25,27). The Labute approximate surface area is 171 Å². The van der Waals surface area contributed by atoms with Crippen LogP contribution in [-0.4, -0.2) is 27.9 Å². The van der Waals surface area contributed by atoms with E-state index in [0.29, 0.717) is 11.3 Å². The van der Waals surface area contributed by atoms with Crippen LogP contribution in [0.15, 0.2) is 15.7 Å². The number of carbonyl (C=O) groups excluding carboxylic acids is 2. The van der Waals surface area contributed by atoms with E-state index in [2.05, 4.69) is 4.98 Å². The van der Waals surface area contributed by atoms with Gasteiger partial charge < -0.3 is 10.5 Å². The molecule has 0 bridgehead atoms. The Kier molecular flexibility index (Phi) is 6.68. The summed E-state index contributed by atoms with van der Waals surface area (Å²) in [6.07, 6.45) is 7.10. The third kappa shape index (κ3) is 4.67. The summed E-state index contributed by atoms with van der Waals surface area (Å²) in [5.41, 5.74) is 5.15. The number of esters is 1. The quantitative estimate of drug-likeness (QED) is 0.547. The van der Waals surface area contributed by atoms with Crippen molar-refractivity contribution in [1.82, 2.24) is 9.55 Å². The first-order valence-electron chi connectivity index (χ1n) is 9.86. The van der Waals surface area contributed by atoms with Crippen molar-refractivity contribution < 1.29 is 14.3 Å². The van der Waals surface area contributed by atoms with Crippen LogP contribution in [0.4, 0.5) is 5.82 Å². The summed E-state index contributed by atoms with van der Waals surface area (Å²) in [6.45, 7) is 1.49. The number of nitrogen functional groups attached to an aromatic ring is 1. The van der Waals surface area contributed by atoms with Gasteiger partial charge in [-0.3, -0.25) is 19.1 Å². The van der Waals surface area contributed by atoms with E-state index in [1.54, 1.807) is 0 Å². The molecule has 3 rings (SSSR count). The predicted molar refractivity (Wildman–Crippen MR) is 111 cm³/mol. The number of aromatic nitrogens is 2. The summed E-state index contributed by atoms with van der Waals surface area (Å²) in [4.78, 5) is 52.6. The number of aromatic amines is 1. The Balaban J connectivity index is 1.73. The van der Waals surface area contributed by atoms with E-state index in [0.717, 1.165) is 30.3 Å². The molecule has 1 aliphatic carbocycles. The second-order valence-corrected chi connectivity index (χ2v) is 8.28. The highest BCUT2D eigenvalue weighted by molar-refractivity contribution is 7.14. The molecule has 9 heteroatoms. The Morgan fingerprint density at radius 2 is 1.93 bits per heavy atom. The zero-order chi connectivity index (χ0) is 21.0. The van der Waals surface area contributed by atoms with Gasteiger partial charge in [0, 0.05) is 11.4 Å². The van der Waals surface area contributed by atoms with Crippen LogP contribution in [0.25, 0.3) is 0 Å². The van der Waals surface area contributed by atoms with Crippen LogP contribution < -0.4 is 17.0 Å². The van der Waals surface area contributed by atoms with Crippen molar-refractivity contribution in [3.8, 4) is 0 Å². The molecule has 0 aromatic carbocycles. The minimum Gasteiger partial charge on any atom is -0.453 e. The third-order valence-electron chi connectivity index (χ3n) is 5.00. The number of nitrogens with two attached hydrogens (primary N) is 1. The van der Waals surface area contributed by atoms with Crippen molar-refractivity contribution in [2.24, 2.45) is 0 Å². The summed E-state index contributed by atoms with van der Waals surface area (Å²) >= 11 is 1.41. The summed E-state index contributed by atoms with van der Waals surface area (Å²) in [5.74, 6) is -1.54. The lowest BCUT2D eigenvalue weighted by atomic mass is 10.00. The van der Waals surface area contributed by atoms with Crippen LogP contribution in [-0.2, 0) is 24.1 Å². The van der Waals surface area contributed by atoms with Gasteiger partial charge in [-0.2, -0.15) is 0 Å². The van der Waals surface area contributed by atoms with Gasteiger partial charge >= 0.3 is 11.7 Å². The molecule has 2 aromatic heterocycles. The Bertz CT molecular complexity index is 1010. The van der Waals surface area contributed by atoms with E-state index in [1.807, 2.05) is 13.0 Å². The molecule has 0 amide bonds. The number of aryl methyl sites for hydroxylation is 2. The summed E-state index contributed by atoms with van der Waals surface area (Å²) in [5, 5.41) is 0. The Hall–Kier alpha value is -2.68. The largest absolute Gasteiger partial charge is 0.453 e. The van der Waals surface area contributed by atoms with Crippen molar-refractivity contribution >= 4 is 28.9 Å². The molecule has 156 valence electrons. The number of hydrogen-bond donors (Lipinski definition) is 2. The molecule has 0 saturated carbocycles. The number of fused-ring (bicyclic) bond motifs is 1. The number of Topliss-reactive ketones (excluding diaryl/α,β-unsaturated/α-hetero) is 1. The molecule has 3 N–H and O–H groups in total. The first-order chi connectivity index (χ1) is 13.9. The second-order valence-electron chi connectivity index (χ2n) is 7.14. The Morgan fingerprint density at radius 1 is 1.21 bits per heavy atom. The van der Waals surface area contributed by atoms with E-state index in [9.17, 15) is 19.2 Å². The molecule has 0 spiro atoms. The number of anilines is 1. The second kappa shape index (κ2) is 9.21. The van der Waals surface area contributed by atoms with Gasteiger partial charge in [0.25, 0.3) is 5.56 Å². The number of nitrogens with zero attached hydrogens (tertiary/aromatic N) is 1. The molecule has 2 heterocycles. The lowest BCUT2D eigenvalue weighted by molar-refractivity contribution is 0.0479. The molecule has 0 unspecified atom stereocenters. The van der Waals surface area contributed by atoms with E-state index >= 15 is 0 Å². The fraction of sp³-hybridized carbons (Fsp3) is 0.500. The number of thiophene rings is 1. The number of carbonyl (C=O) groups is 2. The first kappa shape index (κ1) is 21.0. The lowest BCUT2D eigenvalue weighted by Gasteiger charge is -2.11. The Morgan fingerprint density at radius 3 is 2.66 bits per heavy atom. The van der Waals surface area contributed by atoms with Crippen molar-refractivity contribution in [1.29, 1.82) is 0 Å². The van der Waals surface area contributed by atoms with Crippen molar-refractivity contribution in [2.75, 3.05) is 12.3 Å². The van der Waals surface area contributed by atoms with Gasteiger partial charge in [-0.25, -0.2) is 9.59 Å². The number of nitrogens with one attached hydrogen (secondary N) is 1. The van der Waals surface area contributed by atoms with Crippen LogP contribution >= 0.6 is 11.3 Å². The van der Waals surface area contributed by atoms with Gasteiger partial charge in [-0.05, 0) is 43.7 Å². The molecule has 2 aromatic rings. The van der Waals surface area contributed by atoms with Gasteiger partial charge in [0.05, 0.1) is 0 Å².